The molecule has 8 heteroatoms. The van der Waals surface area contributed by atoms with Gasteiger partial charge in [0.1, 0.15) is 34.0 Å². The van der Waals surface area contributed by atoms with E-state index in [0.717, 1.165) is 131 Å². The first-order chi connectivity index (χ1) is 37.7. The van der Waals surface area contributed by atoms with Crippen molar-refractivity contribution in [3.8, 4) is 28.8 Å². The van der Waals surface area contributed by atoms with Gasteiger partial charge in [-0.2, -0.15) is 5.26 Å². The molecule has 0 unspecified atom stereocenters. The number of aromatic nitrogens is 4. The van der Waals surface area contributed by atoms with Gasteiger partial charge in [0.05, 0.1) is 84.2 Å². The zero-order valence-corrected chi connectivity index (χ0v) is 40.3. The molecule has 8 nitrogen and oxygen atoms in total. The van der Waals surface area contributed by atoms with Gasteiger partial charge in [-0.1, -0.05) is 146 Å². The molecule has 0 N–H and O–H groups in total. The van der Waals surface area contributed by atoms with Crippen LogP contribution in [0.4, 0.5) is 5.69 Å². The maximum atomic E-state index is 12.7. The fraction of sp³-hybridized carbons (Fsp3) is 0. The van der Waals surface area contributed by atoms with Crippen LogP contribution in [0.3, 0.4) is 0 Å². The second-order valence-electron chi connectivity index (χ2n) is 19.7. The van der Waals surface area contributed by atoms with Crippen LogP contribution in [0.25, 0.3) is 159 Å². The Bertz CT molecular complexity index is 5070. The van der Waals surface area contributed by atoms with Crippen LogP contribution in [0.2, 0.25) is 0 Å². The summed E-state index contributed by atoms with van der Waals surface area (Å²) in [5.41, 5.74) is 13.2. The lowest BCUT2D eigenvalue weighted by Crippen LogP contribution is -2.14. The average molecular weight is 969 g/mol. The summed E-state index contributed by atoms with van der Waals surface area (Å²) >= 11 is 0. The van der Waals surface area contributed by atoms with Gasteiger partial charge in [0.25, 0.3) is 0 Å². The highest BCUT2D eigenvalue weighted by Crippen LogP contribution is 2.53. The number of furan rings is 2. The number of benzene rings is 11. The zero-order valence-electron chi connectivity index (χ0n) is 40.3. The van der Waals surface area contributed by atoms with E-state index in [1.54, 1.807) is 0 Å². The molecule has 17 aromatic rings. The van der Waals surface area contributed by atoms with E-state index < -0.39 is 0 Å². The van der Waals surface area contributed by atoms with Crippen molar-refractivity contribution >= 4 is 137 Å². The van der Waals surface area contributed by atoms with E-state index in [-0.39, 0.29) is 0 Å². The highest BCUT2D eigenvalue weighted by Gasteiger charge is 2.35. The fourth-order valence-electron chi connectivity index (χ4n) is 13.0. The molecule has 76 heavy (non-hydrogen) atoms. The molecule has 350 valence electrons. The van der Waals surface area contributed by atoms with Crippen LogP contribution in [0.1, 0.15) is 5.56 Å². The Morgan fingerprint density at radius 1 is 0.316 bits per heavy atom. The molecule has 0 saturated carbocycles. The van der Waals surface area contributed by atoms with Crippen molar-refractivity contribution in [1.29, 1.82) is 5.26 Å². The minimum Gasteiger partial charge on any atom is -0.455 e. The van der Waals surface area contributed by atoms with Gasteiger partial charge in [0, 0.05) is 53.9 Å². The van der Waals surface area contributed by atoms with Crippen molar-refractivity contribution in [2.75, 3.05) is 0 Å². The fourth-order valence-corrected chi connectivity index (χ4v) is 13.0. The molecular weight excluding hydrogens is 933 g/mol. The van der Waals surface area contributed by atoms with Gasteiger partial charge in [-0.05, 0) is 72.8 Å². The molecule has 0 fully saturated rings. The Hall–Kier alpha value is -10.8. The lowest BCUT2D eigenvalue weighted by Gasteiger charge is -2.27. The van der Waals surface area contributed by atoms with E-state index in [2.05, 4.69) is 206 Å². The second-order valence-corrected chi connectivity index (χ2v) is 19.7. The Kier molecular flexibility index (Phi) is 7.99. The van der Waals surface area contributed by atoms with Crippen molar-refractivity contribution in [2.24, 2.45) is 0 Å². The Labute approximate surface area is 431 Å². The van der Waals surface area contributed by atoms with Crippen molar-refractivity contribution in [3.63, 3.8) is 0 Å². The first-order valence-electron chi connectivity index (χ1n) is 25.4. The smallest absolute Gasteiger partial charge is 0.238 e. The lowest BCUT2D eigenvalue weighted by molar-refractivity contribution is 0.672. The van der Waals surface area contributed by atoms with Crippen LogP contribution in [0.5, 0.6) is 0 Å². The highest BCUT2D eigenvalue weighted by atomic mass is 16.3. The number of nitriles is 1. The number of rotatable bonds is 4. The predicted molar refractivity (Wildman–Crippen MR) is 309 cm³/mol. The van der Waals surface area contributed by atoms with Crippen molar-refractivity contribution < 1.29 is 8.83 Å². The van der Waals surface area contributed by atoms with Crippen LogP contribution in [-0.2, 0) is 0 Å². The topological polar surface area (TPSA) is 74.2 Å². The van der Waals surface area contributed by atoms with Crippen LogP contribution in [0, 0.1) is 17.9 Å². The first-order valence-corrected chi connectivity index (χ1v) is 25.4. The lowest BCUT2D eigenvalue weighted by atomic mass is 10.0. The molecule has 6 heterocycles. The molecule has 11 aromatic carbocycles. The van der Waals surface area contributed by atoms with Crippen molar-refractivity contribution in [1.82, 2.24) is 18.3 Å². The van der Waals surface area contributed by atoms with E-state index in [1.807, 2.05) is 36.4 Å². The summed E-state index contributed by atoms with van der Waals surface area (Å²) in [7, 11) is 0. The van der Waals surface area contributed by atoms with E-state index in [9.17, 15) is 11.8 Å². The number of hydrogen-bond acceptors (Lipinski definition) is 3. The maximum absolute atomic E-state index is 12.7. The predicted octanol–water partition coefficient (Wildman–Crippen LogP) is 18.3. The molecular formula is C68H36N6O2. The summed E-state index contributed by atoms with van der Waals surface area (Å²) in [6.45, 7) is 9.92. The normalized spacial score (nSPS) is 12.2. The molecule has 0 spiro atoms. The highest BCUT2D eigenvalue weighted by molar-refractivity contribution is 6.26. The van der Waals surface area contributed by atoms with E-state index in [1.165, 1.54) is 0 Å². The third kappa shape index (κ3) is 5.09. The van der Waals surface area contributed by atoms with Crippen LogP contribution < -0.4 is 0 Å². The molecule has 0 aliphatic rings. The largest absolute Gasteiger partial charge is 0.455 e. The van der Waals surface area contributed by atoms with Crippen molar-refractivity contribution in [3.05, 3.63) is 235 Å². The average Bonchev–Trinajstić information content (AvgIpc) is 4.48. The van der Waals surface area contributed by atoms with Crippen LogP contribution in [0.15, 0.2) is 227 Å². The Morgan fingerprint density at radius 2 is 0.618 bits per heavy atom. The summed E-state index contributed by atoms with van der Waals surface area (Å²) in [4.78, 5) is 4.85. The number of para-hydroxylation sites is 8. The summed E-state index contributed by atoms with van der Waals surface area (Å²) in [6.07, 6.45) is 0. The van der Waals surface area contributed by atoms with Crippen molar-refractivity contribution in [2.45, 2.75) is 0 Å². The third-order valence-corrected chi connectivity index (χ3v) is 16.0. The van der Waals surface area contributed by atoms with Gasteiger partial charge in [0.15, 0.2) is 0 Å². The second kappa shape index (κ2) is 14.9. The minimum atomic E-state index is 0.362. The zero-order chi connectivity index (χ0) is 49.9. The Balaban J connectivity index is 1.17. The molecule has 0 saturated heterocycles. The van der Waals surface area contributed by atoms with Gasteiger partial charge in [0.2, 0.25) is 5.69 Å². The third-order valence-electron chi connectivity index (χ3n) is 16.0. The molecule has 0 radical (unpaired) electrons. The van der Waals surface area contributed by atoms with Gasteiger partial charge in [-0.3, -0.25) is 0 Å². The first kappa shape index (κ1) is 40.8. The number of nitrogens with zero attached hydrogens (tertiary/aromatic N) is 6. The molecule has 0 aliphatic carbocycles. The maximum Gasteiger partial charge on any atom is 0.238 e. The summed E-state index contributed by atoms with van der Waals surface area (Å²) in [5.74, 6) is 0. The Morgan fingerprint density at radius 3 is 1.00 bits per heavy atom. The number of fused-ring (bicyclic) bond motifs is 20. The molecule has 0 amide bonds. The number of hydrogen-bond donors (Lipinski definition) is 0. The van der Waals surface area contributed by atoms with Gasteiger partial charge in [-0.15, -0.1) is 0 Å². The molecule has 0 atom stereocenters. The van der Waals surface area contributed by atoms with Crippen LogP contribution >= 0.6 is 0 Å². The molecule has 17 rings (SSSR count). The minimum absolute atomic E-state index is 0.362. The molecule has 6 aromatic heterocycles. The SMILES string of the molecule is [C-]#[N+]c1c(-n2c3ccccc3c3ccccc32)c(-n2c3ccccc3c3c4oc5ccccc5c4ccc32)c(C#N)c(-n2c3ccccc3c3ccccc32)c1-n1c2ccccc2c2c3oc4ccccc4c3ccc21. The van der Waals surface area contributed by atoms with E-state index in [4.69, 9.17) is 13.7 Å². The summed E-state index contributed by atoms with van der Waals surface area (Å²) in [5, 5.41) is 24.7. The monoisotopic (exact) mass is 968 g/mol. The van der Waals surface area contributed by atoms with Gasteiger partial charge >= 0.3 is 0 Å². The molecule has 0 bridgehead atoms. The van der Waals surface area contributed by atoms with Gasteiger partial charge in [-0.25, -0.2) is 4.85 Å². The quantitative estimate of drug-likeness (QED) is 0.165. The standard InChI is InChI=1S/C68H36N6O2/c1-70-62-65(72-52-28-12-4-20-41(52)42-21-5-13-29-53(42)72)64(73-54-30-14-6-24-47(54)60-56(73)36-34-45-43-22-8-16-32-58(43)75-67(45)60)49(38-69)63(71-50-26-10-2-18-39(50)40-19-3-11-27-51(40)71)66(62)74-55-31-15-7-25-48(55)61-57(74)37-35-46-44-23-9-17-33-59(44)76-68(46)61/h2-37H. The molecule has 0 aliphatic heterocycles. The van der Waals surface area contributed by atoms with E-state index >= 15 is 0 Å². The summed E-state index contributed by atoms with van der Waals surface area (Å²) in [6, 6.07) is 78.2. The van der Waals surface area contributed by atoms with Crippen LogP contribution in [-0.4, -0.2) is 18.3 Å². The summed E-state index contributed by atoms with van der Waals surface area (Å²) < 4.78 is 22.7. The van der Waals surface area contributed by atoms with Gasteiger partial charge < -0.3 is 27.1 Å². The van der Waals surface area contributed by atoms with E-state index in [0.29, 0.717) is 34.0 Å².